The van der Waals surface area contributed by atoms with Crippen molar-refractivity contribution in [3.05, 3.63) is 70.7 Å². The van der Waals surface area contributed by atoms with Crippen LogP contribution in [0.1, 0.15) is 45.7 Å². The van der Waals surface area contributed by atoms with Crippen molar-refractivity contribution in [2.45, 2.75) is 39.2 Å². The Bertz CT molecular complexity index is 1070. The number of fused-ring (bicyclic) bond motifs is 2. The SMILES string of the molecule is Cc1ccc2nc3c(c(C(=O)N4CCN(Cc5ccccn5)CC4)c2c1)CCCC3. The minimum Gasteiger partial charge on any atom is -0.336 e. The lowest BCUT2D eigenvalue weighted by Gasteiger charge is -2.35. The van der Waals surface area contributed by atoms with Crippen molar-refractivity contribution in [1.29, 1.82) is 0 Å². The van der Waals surface area contributed by atoms with E-state index in [0.29, 0.717) is 0 Å². The van der Waals surface area contributed by atoms with Crippen LogP contribution in [0.5, 0.6) is 0 Å². The molecule has 0 spiro atoms. The highest BCUT2D eigenvalue weighted by atomic mass is 16.2. The van der Waals surface area contributed by atoms with Crippen LogP contribution in [0.3, 0.4) is 0 Å². The Morgan fingerprint density at radius 1 is 1.03 bits per heavy atom. The second-order valence-electron chi connectivity index (χ2n) is 8.53. The maximum atomic E-state index is 13.7. The first-order valence-corrected chi connectivity index (χ1v) is 11.0. The normalized spacial score (nSPS) is 17.2. The third-order valence-corrected chi connectivity index (χ3v) is 6.40. The van der Waals surface area contributed by atoms with Crippen molar-refractivity contribution in [3.8, 4) is 0 Å². The van der Waals surface area contributed by atoms with Crippen LogP contribution in [0.2, 0.25) is 0 Å². The summed E-state index contributed by atoms with van der Waals surface area (Å²) in [5.41, 5.74) is 6.46. The van der Waals surface area contributed by atoms with Gasteiger partial charge in [0, 0.05) is 50.0 Å². The standard InChI is InChI=1S/C25H28N4O/c1-18-9-10-23-21(16-18)24(20-7-2-3-8-22(20)27-23)25(30)29-14-12-28(13-15-29)17-19-6-4-5-11-26-19/h4-6,9-11,16H,2-3,7-8,12-15,17H2,1H3. The highest BCUT2D eigenvalue weighted by Crippen LogP contribution is 2.31. The Hall–Kier alpha value is -2.79. The van der Waals surface area contributed by atoms with Gasteiger partial charge in [0.25, 0.3) is 5.91 Å². The molecule has 2 aliphatic rings. The zero-order valence-electron chi connectivity index (χ0n) is 17.6. The zero-order chi connectivity index (χ0) is 20.5. The number of piperazine rings is 1. The average molecular weight is 401 g/mol. The summed E-state index contributed by atoms with van der Waals surface area (Å²) in [5, 5.41) is 1.02. The molecule has 0 N–H and O–H groups in total. The first kappa shape index (κ1) is 19.2. The molecule has 1 amide bonds. The van der Waals surface area contributed by atoms with E-state index in [9.17, 15) is 4.79 Å². The van der Waals surface area contributed by atoms with Crippen molar-refractivity contribution in [2.75, 3.05) is 26.2 Å². The van der Waals surface area contributed by atoms with Gasteiger partial charge in [-0.05, 0) is 62.4 Å². The van der Waals surface area contributed by atoms with E-state index in [1.165, 1.54) is 11.1 Å². The fourth-order valence-electron chi connectivity index (χ4n) is 4.77. The van der Waals surface area contributed by atoms with Crippen LogP contribution >= 0.6 is 0 Å². The highest BCUT2D eigenvalue weighted by Gasteiger charge is 2.28. The van der Waals surface area contributed by atoms with Crippen LogP contribution in [-0.2, 0) is 19.4 Å². The van der Waals surface area contributed by atoms with Gasteiger partial charge in [-0.25, -0.2) is 0 Å². The number of carbonyl (C=O) groups excluding carboxylic acids is 1. The van der Waals surface area contributed by atoms with Crippen LogP contribution in [-0.4, -0.2) is 51.9 Å². The molecule has 5 rings (SSSR count). The highest BCUT2D eigenvalue weighted by molar-refractivity contribution is 6.08. The van der Waals surface area contributed by atoms with E-state index in [0.717, 1.165) is 86.3 Å². The second kappa shape index (κ2) is 8.15. The maximum absolute atomic E-state index is 13.7. The molecule has 1 aromatic carbocycles. The summed E-state index contributed by atoms with van der Waals surface area (Å²) >= 11 is 0. The summed E-state index contributed by atoms with van der Waals surface area (Å²) in [4.78, 5) is 27.5. The summed E-state index contributed by atoms with van der Waals surface area (Å²) < 4.78 is 0. The van der Waals surface area contributed by atoms with Gasteiger partial charge in [-0.2, -0.15) is 0 Å². The molecule has 1 aliphatic carbocycles. The van der Waals surface area contributed by atoms with E-state index in [1.54, 1.807) is 0 Å². The molecular formula is C25H28N4O. The molecule has 154 valence electrons. The Morgan fingerprint density at radius 2 is 1.87 bits per heavy atom. The van der Waals surface area contributed by atoms with Crippen molar-refractivity contribution in [3.63, 3.8) is 0 Å². The molecule has 0 unspecified atom stereocenters. The van der Waals surface area contributed by atoms with Gasteiger partial charge in [0.1, 0.15) is 0 Å². The number of benzene rings is 1. The van der Waals surface area contributed by atoms with Gasteiger partial charge in [-0.15, -0.1) is 0 Å². The Morgan fingerprint density at radius 3 is 2.67 bits per heavy atom. The molecule has 1 aliphatic heterocycles. The predicted octanol–water partition coefficient (Wildman–Crippen LogP) is 3.78. The number of aryl methyl sites for hydroxylation is 2. The van der Waals surface area contributed by atoms with Crippen molar-refractivity contribution in [2.24, 2.45) is 0 Å². The Balaban J connectivity index is 1.40. The van der Waals surface area contributed by atoms with Gasteiger partial charge >= 0.3 is 0 Å². The lowest BCUT2D eigenvalue weighted by atomic mass is 9.89. The smallest absolute Gasteiger partial charge is 0.254 e. The third kappa shape index (κ3) is 3.70. The third-order valence-electron chi connectivity index (χ3n) is 6.40. The van der Waals surface area contributed by atoms with E-state index in [1.807, 2.05) is 23.2 Å². The van der Waals surface area contributed by atoms with Gasteiger partial charge in [-0.1, -0.05) is 17.7 Å². The second-order valence-corrected chi connectivity index (χ2v) is 8.53. The molecule has 1 saturated heterocycles. The van der Waals surface area contributed by atoms with E-state index in [-0.39, 0.29) is 5.91 Å². The van der Waals surface area contributed by atoms with Gasteiger partial charge in [0.15, 0.2) is 0 Å². The van der Waals surface area contributed by atoms with Gasteiger partial charge in [0.05, 0.1) is 16.8 Å². The molecule has 1 fully saturated rings. The van der Waals surface area contributed by atoms with Crippen LogP contribution < -0.4 is 0 Å². The summed E-state index contributed by atoms with van der Waals surface area (Å²) in [6.07, 6.45) is 6.10. The molecule has 5 heteroatoms. The van der Waals surface area contributed by atoms with Crippen LogP contribution in [0.4, 0.5) is 0 Å². The van der Waals surface area contributed by atoms with Crippen LogP contribution in [0.25, 0.3) is 10.9 Å². The lowest BCUT2D eigenvalue weighted by molar-refractivity contribution is 0.0627. The van der Waals surface area contributed by atoms with Crippen molar-refractivity contribution >= 4 is 16.8 Å². The van der Waals surface area contributed by atoms with E-state index in [4.69, 9.17) is 4.98 Å². The molecule has 5 nitrogen and oxygen atoms in total. The number of rotatable bonds is 3. The van der Waals surface area contributed by atoms with E-state index < -0.39 is 0 Å². The molecule has 30 heavy (non-hydrogen) atoms. The molecule has 3 aromatic rings. The minimum absolute atomic E-state index is 0.184. The Kier molecular flexibility index (Phi) is 5.21. The quantitative estimate of drug-likeness (QED) is 0.671. The summed E-state index contributed by atoms with van der Waals surface area (Å²) in [5.74, 6) is 0.184. The van der Waals surface area contributed by atoms with Gasteiger partial charge in [-0.3, -0.25) is 19.7 Å². The molecular weight excluding hydrogens is 372 g/mol. The van der Waals surface area contributed by atoms with Crippen molar-refractivity contribution in [1.82, 2.24) is 19.8 Å². The number of pyridine rings is 2. The average Bonchev–Trinajstić information content (AvgIpc) is 2.78. The number of hydrogen-bond acceptors (Lipinski definition) is 4. The van der Waals surface area contributed by atoms with Crippen LogP contribution in [0.15, 0.2) is 42.6 Å². The largest absolute Gasteiger partial charge is 0.336 e. The fraction of sp³-hybridized carbons (Fsp3) is 0.400. The molecule has 2 aromatic heterocycles. The van der Waals surface area contributed by atoms with E-state index >= 15 is 0 Å². The molecule has 3 heterocycles. The number of hydrogen-bond donors (Lipinski definition) is 0. The number of amides is 1. The number of carbonyl (C=O) groups is 1. The molecule has 0 radical (unpaired) electrons. The molecule has 0 saturated carbocycles. The van der Waals surface area contributed by atoms with Crippen LogP contribution in [0, 0.1) is 6.92 Å². The van der Waals surface area contributed by atoms with Crippen molar-refractivity contribution < 1.29 is 4.79 Å². The lowest BCUT2D eigenvalue weighted by Crippen LogP contribution is -2.48. The summed E-state index contributed by atoms with van der Waals surface area (Å²) in [7, 11) is 0. The monoisotopic (exact) mass is 400 g/mol. The summed E-state index contributed by atoms with van der Waals surface area (Å²) in [6.45, 7) is 6.21. The minimum atomic E-state index is 0.184. The maximum Gasteiger partial charge on any atom is 0.254 e. The number of aromatic nitrogens is 2. The Labute approximate surface area is 177 Å². The van der Waals surface area contributed by atoms with Gasteiger partial charge < -0.3 is 4.90 Å². The predicted molar refractivity (Wildman–Crippen MR) is 119 cm³/mol. The fourth-order valence-corrected chi connectivity index (χ4v) is 4.77. The molecule has 0 atom stereocenters. The first-order chi connectivity index (χ1) is 14.7. The zero-order valence-corrected chi connectivity index (χ0v) is 17.6. The molecule has 0 bridgehead atoms. The number of nitrogens with zero attached hydrogens (tertiary/aromatic N) is 4. The summed E-state index contributed by atoms with van der Waals surface area (Å²) in [6, 6.07) is 12.3. The topological polar surface area (TPSA) is 49.3 Å². The van der Waals surface area contributed by atoms with Gasteiger partial charge in [0.2, 0.25) is 0 Å². The van der Waals surface area contributed by atoms with E-state index in [2.05, 4.69) is 41.1 Å². The first-order valence-electron chi connectivity index (χ1n) is 11.0.